The second-order valence-corrected chi connectivity index (χ2v) is 5.38. The van der Waals surface area contributed by atoms with Crippen molar-refractivity contribution in [1.29, 1.82) is 0 Å². The lowest BCUT2D eigenvalue weighted by atomic mass is 10.2. The molecular formula is C20H15FN2O2. The molecule has 0 radical (unpaired) electrons. The van der Waals surface area contributed by atoms with E-state index in [2.05, 4.69) is 16.8 Å². The van der Waals surface area contributed by atoms with Crippen LogP contribution in [0.15, 0.2) is 59.5 Å². The van der Waals surface area contributed by atoms with Crippen LogP contribution >= 0.6 is 0 Å². The first-order chi connectivity index (χ1) is 12.1. The molecule has 0 unspecified atom stereocenters. The fraction of sp³-hybridized carbons (Fsp3) is 0.100. The zero-order valence-corrected chi connectivity index (χ0v) is 13.8. The molecular weight excluding hydrogens is 319 g/mol. The summed E-state index contributed by atoms with van der Waals surface area (Å²) in [6, 6.07) is 13.0. The van der Waals surface area contributed by atoms with Gasteiger partial charge in [0, 0.05) is 17.8 Å². The minimum atomic E-state index is -0.447. The quantitative estimate of drug-likeness (QED) is 0.677. The van der Waals surface area contributed by atoms with Crippen molar-refractivity contribution in [2.45, 2.75) is 6.92 Å². The summed E-state index contributed by atoms with van der Waals surface area (Å²) in [5.74, 6) is 5.90. The third kappa shape index (κ3) is 3.75. The molecule has 0 fully saturated rings. The number of benzene rings is 2. The van der Waals surface area contributed by atoms with E-state index in [0.29, 0.717) is 22.7 Å². The highest BCUT2D eigenvalue weighted by Gasteiger charge is 2.05. The van der Waals surface area contributed by atoms with Crippen molar-refractivity contribution in [3.8, 4) is 23.3 Å². The van der Waals surface area contributed by atoms with E-state index in [1.165, 1.54) is 16.7 Å². The Hall–Kier alpha value is -3.39. The fourth-order valence-corrected chi connectivity index (χ4v) is 2.33. The number of methoxy groups -OCH3 is 1. The summed E-state index contributed by atoms with van der Waals surface area (Å²) in [6.07, 6.45) is 1.61. The molecule has 0 amide bonds. The van der Waals surface area contributed by atoms with Crippen LogP contribution in [0.3, 0.4) is 0 Å². The SMILES string of the molecule is COc1cc(-n2ccc(C#Cc3cccc(F)c3)nc2=O)ccc1C. The van der Waals surface area contributed by atoms with Gasteiger partial charge in [0.25, 0.3) is 0 Å². The molecule has 0 atom stereocenters. The van der Waals surface area contributed by atoms with Crippen LogP contribution in [0.5, 0.6) is 5.75 Å². The van der Waals surface area contributed by atoms with E-state index in [4.69, 9.17) is 4.74 Å². The first kappa shape index (κ1) is 16.5. The Bertz CT molecular complexity index is 1050. The van der Waals surface area contributed by atoms with E-state index in [1.54, 1.807) is 37.6 Å². The molecule has 0 saturated heterocycles. The number of halogens is 1. The normalized spacial score (nSPS) is 10.0. The van der Waals surface area contributed by atoms with Crippen molar-refractivity contribution in [2.75, 3.05) is 7.11 Å². The Kier molecular flexibility index (Phi) is 4.62. The fourth-order valence-electron chi connectivity index (χ4n) is 2.33. The maximum absolute atomic E-state index is 13.1. The predicted octanol–water partition coefficient (Wildman–Crippen LogP) is 3.09. The molecule has 2 aromatic carbocycles. The molecule has 0 saturated carbocycles. The van der Waals surface area contributed by atoms with E-state index in [1.807, 2.05) is 19.1 Å². The number of aryl methyl sites for hydroxylation is 1. The Morgan fingerprint density at radius 1 is 1.12 bits per heavy atom. The number of hydrogen-bond acceptors (Lipinski definition) is 3. The van der Waals surface area contributed by atoms with Crippen LogP contribution in [0.2, 0.25) is 0 Å². The number of aromatic nitrogens is 2. The molecule has 25 heavy (non-hydrogen) atoms. The molecule has 0 aliphatic rings. The summed E-state index contributed by atoms with van der Waals surface area (Å²) in [5, 5.41) is 0. The minimum Gasteiger partial charge on any atom is -0.496 e. The summed E-state index contributed by atoms with van der Waals surface area (Å²) in [7, 11) is 1.58. The minimum absolute atomic E-state index is 0.324. The van der Waals surface area contributed by atoms with Crippen LogP contribution in [-0.2, 0) is 0 Å². The van der Waals surface area contributed by atoms with E-state index in [-0.39, 0.29) is 5.82 Å². The van der Waals surface area contributed by atoms with Gasteiger partial charge in [-0.05, 0) is 48.7 Å². The summed E-state index contributed by atoms with van der Waals surface area (Å²) in [4.78, 5) is 16.2. The number of hydrogen-bond donors (Lipinski definition) is 0. The van der Waals surface area contributed by atoms with E-state index >= 15 is 0 Å². The molecule has 0 spiro atoms. The van der Waals surface area contributed by atoms with Crippen molar-refractivity contribution in [2.24, 2.45) is 0 Å². The largest absolute Gasteiger partial charge is 0.496 e. The Balaban J connectivity index is 1.93. The van der Waals surface area contributed by atoms with Gasteiger partial charge in [0.15, 0.2) is 0 Å². The molecule has 5 heteroatoms. The highest BCUT2D eigenvalue weighted by Crippen LogP contribution is 2.20. The second kappa shape index (κ2) is 7.02. The third-order valence-electron chi connectivity index (χ3n) is 3.63. The third-order valence-corrected chi connectivity index (χ3v) is 3.63. The van der Waals surface area contributed by atoms with Crippen molar-refractivity contribution in [3.63, 3.8) is 0 Å². The van der Waals surface area contributed by atoms with Gasteiger partial charge in [0.2, 0.25) is 0 Å². The average molecular weight is 334 g/mol. The van der Waals surface area contributed by atoms with Gasteiger partial charge in [-0.15, -0.1) is 0 Å². The molecule has 124 valence electrons. The first-order valence-electron chi connectivity index (χ1n) is 7.59. The molecule has 1 aromatic heterocycles. The first-order valence-corrected chi connectivity index (χ1v) is 7.59. The van der Waals surface area contributed by atoms with E-state index < -0.39 is 5.69 Å². The van der Waals surface area contributed by atoms with Crippen molar-refractivity contribution < 1.29 is 9.13 Å². The monoisotopic (exact) mass is 334 g/mol. The molecule has 0 N–H and O–H groups in total. The van der Waals surface area contributed by atoms with Gasteiger partial charge in [0.05, 0.1) is 12.8 Å². The van der Waals surface area contributed by atoms with Crippen molar-refractivity contribution in [1.82, 2.24) is 9.55 Å². The zero-order chi connectivity index (χ0) is 17.8. The maximum atomic E-state index is 13.1. The van der Waals surface area contributed by atoms with Crippen molar-refractivity contribution >= 4 is 0 Å². The van der Waals surface area contributed by atoms with Gasteiger partial charge in [0.1, 0.15) is 17.3 Å². The molecule has 3 aromatic rings. The van der Waals surface area contributed by atoms with Crippen LogP contribution < -0.4 is 10.4 Å². The summed E-state index contributed by atoms with van der Waals surface area (Å²) in [6.45, 7) is 1.93. The predicted molar refractivity (Wildman–Crippen MR) is 93.5 cm³/mol. The smallest absolute Gasteiger partial charge is 0.353 e. The highest BCUT2D eigenvalue weighted by atomic mass is 19.1. The molecule has 0 aliphatic heterocycles. The second-order valence-electron chi connectivity index (χ2n) is 5.38. The standard InChI is InChI=1S/C20H15FN2O2/c1-14-6-9-18(13-19(14)25-2)23-11-10-17(22-20(23)24)8-7-15-4-3-5-16(21)12-15/h3-6,9-13H,1-2H3. The molecule has 0 aliphatic carbocycles. The van der Waals surface area contributed by atoms with Gasteiger partial charge in [-0.1, -0.05) is 18.1 Å². The molecule has 4 nitrogen and oxygen atoms in total. The van der Waals surface area contributed by atoms with Crippen LogP contribution in [0.1, 0.15) is 16.8 Å². The molecule has 1 heterocycles. The van der Waals surface area contributed by atoms with Gasteiger partial charge in [-0.25, -0.2) is 9.18 Å². The Morgan fingerprint density at radius 2 is 1.96 bits per heavy atom. The number of ether oxygens (including phenoxy) is 1. The zero-order valence-electron chi connectivity index (χ0n) is 13.8. The van der Waals surface area contributed by atoms with Gasteiger partial charge >= 0.3 is 5.69 Å². The Morgan fingerprint density at radius 3 is 2.68 bits per heavy atom. The lowest BCUT2D eigenvalue weighted by molar-refractivity contribution is 0.411. The van der Waals surface area contributed by atoms with Gasteiger partial charge in [-0.2, -0.15) is 4.98 Å². The highest BCUT2D eigenvalue weighted by molar-refractivity contribution is 5.45. The Labute approximate surface area is 144 Å². The van der Waals surface area contributed by atoms with Crippen LogP contribution in [0.25, 0.3) is 5.69 Å². The summed E-state index contributed by atoms with van der Waals surface area (Å²) >= 11 is 0. The van der Waals surface area contributed by atoms with E-state index in [0.717, 1.165) is 5.56 Å². The van der Waals surface area contributed by atoms with Gasteiger partial charge in [-0.3, -0.25) is 4.57 Å². The van der Waals surface area contributed by atoms with E-state index in [9.17, 15) is 9.18 Å². The van der Waals surface area contributed by atoms with Crippen LogP contribution in [0, 0.1) is 24.6 Å². The number of rotatable bonds is 2. The summed E-state index contributed by atoms with van der Waals surface area (Å²) in [5.41, 5.74) is 2.03. The van der Waals surface area contributed by atoms with Crippen LogP contribution in [-0.4, -0.2) is 16.7 Å². The lowest BCUT2D eigenvalue weighted by Crippen LogP contribution is -2.21. The molecule has 0 bridgehead atoms. The van der Waals surface area contributed by atoms with Gasteiger partial charge < -0.3 is 4.74 Å². The topological polar surface area (TPSA) is 44.1 Å². The number of nitrogens with zero attached hydrogens (tertiary/aromatic N) is 2. The van der Waals surface area contributed by atoms with Crippen LogP contribution in [0.4, 0.5) is 4.39 Å². The average Bonchev–Trinajstić information content (AvgIpc) is 2.61. The maximum Gasteiger partial charge on any atom is 0.353 e. The molecule has 3 rings (SSSR count). The van der Waals surface area contributed by atoms with Crippen molar-refractivity contribution in [3.05, 3.63) is 87.9 Å². The lowest BCUT2D eigenvalue weighted by Gasteiger charge is -2.09. The summed E-state index contributed by atoms with van der Waals surface area (Å²) < 4.78 is 19.8.